The Morgan fingerprint density at radius 1 is 1.58 bits per heavy atom. The summed E-state index contributed by atoms with van der Waals surface area (Å²) in [6.45, 7) is -0.488. The Kier molecular flexibility index (Phi) is 3.80. The molecule has 9 heteroatoms. The molecule has 0 aromatic carbocycles. The smallest absolute Gasteiger partial charge is 0.330 e. The molecule has 0 radical (unpaired) electrons. The first-order valence-electron chi connectivity index (χ1n) is 5.47. The fourth-order valence-corrected chi connectivity index (χ4v) is 2.00. The molecule has 0 spiro atoms. The van der Waals surface area contributed by atoms with Crippen LogP contribution in [0.1, 0.15) is 6.23 Å². The molecule has 2 heterocycles. The third kappa shape index (κ3) is 2.32. The lowest BCUT2D eigenvalue weighted by Gasteiger charge is -2.20. The fourth-order valence-electron chi connectivity index (χ4n) is 2.00. The summed E-state index contributed by atoms with van der Waals surface area (Å²) in [6, 6.07) is 0. The number of methoxy groups -OCH3 is 1. The number of halogens is 1. The third-order valence-electron chi connectivity index (χ3n) is 2.96. The quantitative estimate of drug-likeness (QED) is 0.585. The van der Waals surface area contributed by atoms with E-state index in [9.17, 15) is 19.1 Å². The van der Waals surface area contributed by atoms with Crippen molar-refractivity contribution in [1.29, 1.82) is 0 Å². The predicted octanol–water partition coefficient (Wildman–Crippen LogP) is -2.06. The van der Waals surface area contributed by atoms with Gasteiger partial charge in [0.25, 0.3) is 5.56 Å². The zero-order valence-electron chi connectivity index (χ0n) is 9.95. The third-order valence-corrected chi connectivity index (χ3v) is 2.96. The van der Waals surface area contributed by atoms with E-state index in [0.29, 0.717) is 6.20 Å². The highest BCUT2D eigenvalue weighted by atomic mass is 19.1. The summed E-state index contributed by atoms with van der Waals surface area (Å²) in [5.41, 5.74) is -2.04. The number of ether oxygens (including phenoxy) is 2. The van der Waals surface area contributed by atoms with Crippen molar-refractivity contribution in [3.05, 3.63) is 32.9 Å². The molecule has 1 aliphatic heterocycles. The minimum absolute atomic E-state index is 0.488. The van der Waals surface area contributed by atoms with Gasteiger partial charge in [-0.1, -0.05) is 0 Å². The molecule has 0 aliphatic carbocycles. The Labute approximate surface area is 106 Å². The summed E-state index contributed by atoms with van der Waals surface area (Å²) >= 11 is 0. The zero-order valence-corrected chi connectivity index (χ0v) is 9.95. The second kappa shape index (κ2) is 5.21. The van der Waals surface area contributed by atoms with E-state index in [1.807, 2.05) is 0 Å². The zero-order chi connectivity index (χ0) is 14.2. The molecule has 4 atom stereocenters. The molecule has 3 N–H and O–H groups in total. The topological polar surface area (TPSA) is 114 Å². The highest BCUT2D eigenvalue weighted by molar-refractivity contribution is 4.95. The summed E-state index contributed by atoms with van der Waals surface area (Å²) < 4.78 is 24.2. The number of hydrogen-bond donors (Lipinski definition) is 3. The van der Waals surface area contributed by atoms with Crippen LogP contribution in [0.25, 0.3) is 0 Å². The molecule has 19 heavy (non-hydrogen) atoms. The van der Waals surface area contributed by atoms with E-state index in [2.05, 4.69) is 0 Å². The van der Waals surface area contributed by atoms with Gasteiger partial charge in [-0.3, -0.25) is 14.3 Å². The number of nitrogens with zero attached hydrogens (tertiary/aromatic N) is 1. The number of rotatable bonds is 3. The summed E-state index contributed by atoms with van der Waals surface area (Å²) in [4.78, 5) is 24.3. The standard InChI is InChI=1S/C10H13FN2O6/c1-18-7-6(15)5(3-14)19-9(7)13-2-4(11)8(16)12-10(13)17/h2,5-7,9,14-15H,3H2,1H3,(H,12,16,17)/t5-,6?,7?,9-/m0/s1. The maximum absolute atomic E-state index is 13.2. The van der Waals surface area contributed by atoms with Gasteiger partial charge in [0.15, 0.2) is 6.23 Å². The van der Waals surface area contributed by atoms with Crippen LogP contribution in [-0.4, -0.2) is 51.8 Å². The van der Waals surface area contributed by atoms with Gasteiger partial charge in [-0.05, 0) is 0 Å². The monoisotopic (exact) mass is 276 g/mol. The van der Waals surface area contributed by atoms with Crippen LogP contribution < -0.4 is 11.2 Å². The average molecular weight is 276 g/mol. The number of aromatic amines is 1. The minimum atomic E-state index is -1.18. The molecule has 0 saturated carbocycles. The normalized spacial score (nSPS) is 30.7. The second-order valence-corrected chi connectivity index (χ2v) is 4.08. The van der Waals surface area contributed by atoms with Crippen molar-refractivity contribution in [3.63, 3.8) is 0 Å². The van der Waals surface area contributed by atoms with Crippen LogP contribution in [0.3, 0.4) is 0 Å². The molecule has 0 bridgehead atoms. The number of nitrogens with one attached hydrogen (secondary N) is 1. The summed E-state index contributed by atoms with van der Waals surface area (Å²) in [7, 11) is 1.27. The van der Waals surface area contributed by atoms with Gasteiger partial charge >= 0.3 is 5.69 Å². The Morgan fingerprint density at radius 2 is 2.26 bits per heavy atom. The highest BCUT2D eigenvalue weighted by Gasteiger charge is 2.45. The lowest BCUT2D eigenvalue weighted by molar-refractivity contribution is -0.0629. The van der Waals surface area contributed by atoms with Gasteiger partial charge in [0.2, 0.25) is 5.82 Å². The first-order chi connectivity index (χ1) is 8.99. The molecule has 1 aromatic rings. The number of aliphatic hydroxyl groups is 2. The van der Waals surface area contributed by atoms with Crippen LogP contribution in [0.4, 0.5) is 4.39 Å². The van der Waals surface area contributed by atoms with Crippen molar-refractivity contribution < 1.29 is 24.1 Å². The maximum Gasteiger partial charge on any atom is 0.330 e. The number of aromatic nitrogens is 2. The lowest BCUT2D eigenvalue weighted by Crippen LogP contribution is -2.39. The molecule has 1 fully saturated rings. The molecule has 1 aromatic heterocycles. The Morgan fingerprint density at radius 3 is 2.84 bits per heavy atom. The van der Waals surface area contributed by atoms with Gasteiger partial charge in [-0.25, -0.2) is 4.79 Å². The summed E-state index contributed by atoms with van der Waals surface area (Å²) in [5, 5.41) is 18.8. The first kappa shape index (κ1) is 13.9. The Bertz CT molecular complexity index is 570. The largest absolute Gasteiger partial charge is 0.394 e. The van der Waals surface area contributed by atoms with Crippen LogP contribution in [0.2, 0.25) is 0 Å². The van der Waals surface area contributed by atoms with Crippen molar-refractivity contribution in [3.8, 4) is 0 Å². The van der Waals surface area contributed by atoms with Crippen molar-refractivity contribution in [2.45, 2.75) is 24.5 Å². The van der Waals surface area contributed by atoms with Gasteiger partial charge in [-0.2, -0.15) is 4.39 Å². The van der Waals surface area contributed by atoms with E-state index in [-0.39, 0.29) is 0 Å². The molecule has 0 amide bonds. The summed E-state index contributed by atoms with van der Waals surface area (Å²) in [6.07, 6.45) is -3.58. The average Bonchev–Trinajstić information content (AvgIpc) is 2.70. The predicted molar refractivity (Wildman–Crippen MR) is 59.1 cm³/mol. The van der Waals surface area contributed by atoms with Crippen LogP contribution in [0.15, 0.2) is 15.8 Å². The van der Waals surface area contributed by atoms with Gasteiger partial charge in [0, 0.05) is 7.11 Å². The van der Waals surface area contributed by atoms with E-state index >= 15 is 0 Å². The van der Waals surface area contributed by atoms with Crippen molar-refractivity contribution >= 4 is 0 Å². The molecule has 1 saturated heterocycles. The van der Waals surface area contributed by atoms with E-state index in [0.717, 1.165) is 4.57 Å². The molecule has 106 valence electrons. The van der Waals surface area contributed by atoms with E-state index < -0.39 is 48.2 Å². The van der Waals surface area contributed by atoms with Crippen LogP contribution in [0, 0.1) is 5.82 Å². The molecular formula is C10H13FN2O6. The number of hydrogen-bond acceptors (Lipinski definition) is 6. The summed E-state index contributed by atoms with van der Waals surface area (Å²) in [5.74, 6) is -1.17. The second-order valence-electron chi connectivity index (χ2n) is 4.08. The Balaban J connectivity index is 2.44. The lowest BCUT2D eigenvalue weighted by atomic mass is 10.1. The van der Waals surface area contributed by atoms with Crippen molar-refractivity contribution in [1.82, 2.24) is 9.55 Å². The molecule has 2 rings (SSSR count). The maximum atomic E-state index is 13.2. The van der Waals surface area contributed by atoms with Crippen molar-refractivity contribution in [2.24, 2.45) is 0 Å². The minimum Gasteiger partial charge on any atom is -0.394 e. The highest BCUT2D eigenvalue weighted by Crippen LogP contribution is 2.30. The molecule has 1 aliphatic rings. The van der Waals surface area contributed by atoms with Crippen LogP contribution in [-0.2, 0) is 9.47 Å². The Hall–Kier alpha value is -1.55. The van der Waals surface area contributed by atoms with E-state index in [1.165, 1.54) is 7.11 Å². The van der Waals surface area contributed by atoms with Crippen LogP contribution >= 0.6 is 0 Å². The molecular weight excluding hydrogens is 263 g/mol. The van der Waals surface area contributed by atoms with Crippen LogP contribution in [0.5, 0.6) is 0 Å². The van der Waals surface area contributed by atoms with E-state index in [1.54, 1.807) is 4.98 Å². The van der Waals surface area contributed by atoms with Gasteiger partial charge in [0.05, 0.1) is 12.8 Å². The van der Waals surface area contributed by atoms with Gasteiger partial charge in [-0.15, -0.1) is 0 Å². The SMILES string of the molecule is COC1C(O)[C@H](CO)O[C@@H]1n1cc(F)c(=O)[nH]c1=O. The van der Waals surface area contributed by atoms with Crippen molar-refractivity contribution in [2.75, 3.05) is 13.7 Å². The fraction of sp³-hybridized carbons (Fsp3) is 0.600. The number of aliphatic hydroxyl groups excluding tert-OH is 2. The first-order valence-corrected chi connectivity index (χ1v) is 5.47. The number of H-pyrrole nitrogens is 1. The molecule has 2 unspecified atom stereocenters. The van der Waals surface area contributed by atoms with Gasteiger partial charge in [0.1, 0.15) is 18.3 Å². The van der Waals surface area contributed by atoms with Gasteiger partial charge < -0.3 is 19.7 Å². The molecule has 8 nitrogen and oxygen atoms in total. The van der Waals surface area contributed by atoms with E-state index in [4.69, 9.17) is 14.6 Å².